The molecule has 1 atom stereocenters. The van der Waals surface area contributed by atoms with Crippen molar-refractivity contribution < 1.29 is 14.7 Å². The number of hydrogen-bond acceptors (Lipinski definition) is 3. The number of benzene rings is 1. The van der Waals surface area contributed by atoms with E-state index in [1.165, 1.54) is 6.07 Å². The molecule has 0 fully saturated rings. The molecule has 4 N–H and O–H groups in total. The molecule has 0 aliphatic heterocycles. The number of anilines is 1. The van der Waals surface area contributed by atoms with Crippen LogP contribution in [0.2, 0.25) is 5.02 Å². The minimum atomic E-state index is -0.414. The van der Waals surface area contributed by atoms with Gasteiger partial charge in [-0.1, -0.05) is 18.5 Å². The Morgan fingerprint density at radius 1 is 1.33 bits per heavy atom. The standard InChI is InChI=1S/C17H20ClN3O3/c1-11(6-8-22)10-20-17(24)21-14-5-4-12(18)9-13(14)16(23)15-3-2-7-19-15/h2-5,7,9,11,19,22H,6,8,10H2,1H3,(H2,20,21,24). The average Bonchev–Trinajstić information content (AvgIpc) is 3.09. The maximum absolute atomic E-state index is 12.5. The first-order valence-corrected chi connectivity index (χ1v) is 8.02. The van der Waals surface area contributed by atoms with Gasteiger partial charge >= 0.3 is 6.03 Å². The van der Waals surface area contributed by atoms with Crippen molar-refractivity contribution in [2.75, 3.05) is 18.5 Å². The van der Waals surface area contributed by atoms with Crippen molar-refractivity contribution in [1.29, 1.82) is 0 Å². The van der Waals surface area contributed by atoms with Crippen LogP contribution in [0.4, 0.5) is 10.5 Å². The Morgan fingerprint density at radius 2 is 2.12 bits per heavy atom. The van der Waals surface area contributed by atoms with Crippen molar-refractivity contribution >= 4 is 29.1 Å². The molecule has 2 amide bonds. The van der Waals surface area contributed by atoms with Crippen molar-refractivity contribution in [2.24, 2.45) is 5.92 Å². The third kappa shape index (κ3) is 4.84. The lowest BCUT2D eigenvalue weighted by Crippen LogP contribution is -2.33. The normalized spacial score (nSPS) is 11.8. The van der Waals surface area contributed by atoms with Crippen LogP contribution >= 0.6 is 11.6 Å². The second-order valence-electron chi connectivity index (χ2n) is 5.56. The minimum Gasteiger partial charge on any atom is -0.396 e. The number of ketones is 1. The number of aromatic nitrogens is 1. The van der Waals surface area contributed by atoms with E-state index in [2.05, 4.69) is 15.6 Å². The number of amides is 2. The maximum Gasteiger partial charge on any atom is 0.319 e. The topological polar surface area (TPSA) is 94.2 Å². The third-order valence-electron chi connectivity index (χ3n) is 3.55. The molecule has 1 aromatic heterocycles. The number of urea groups is 1. The summed E-state index contributed by atoms with van der Waals surface area (Å²) in [5.41, 5.74) is 1.10. The lowest BCUT2D eigenvalue weighted by molar-refractivity contribution is 0.103. The van der Waals surface area contributed by atoms with Gasteiger partial charge in [-0.3, -0.25) is 4.79 Å². The van der Waals surface area contributed by atoms with Crippen molar-refractivity contribution in [3.8, 4) is 0 Å². The van der Waals surface area contributed by atoms with Crippen molar-refractivity contribution in [2.45, 2.75) is 13.3 Å². The van der Waals surface area contributed by atoms with Gasteiger partial charge in [0.05, 0.1) is 11.4 Å². The van der Waals surface area contributed by atoms with Gasteiger partial charge in [-0.2, -0.15) is 0 Å². The second kappa shape index (κ2) is 8.52. The molecule has 0 radical (unpaired) electrons. The Bertz CT molecular complexity index is 701. The highest BCUT2D eigenvalue weighted by molar-refractivity contribution is 6.31. The summed E-state index contributed by atoms with van der Waals surface area (Å²) in [5, 5.41) is 14.7. The number of H-pyrrole nitrogens is 1. The summed E-state index contributed by atoms with van der Waals surface area (Å²) in [5.74, 6) is -0.0996. The molecule has 2 aromatic rings. The van der Waals surface area contributed by atoms with Gasteiger partial charge in [-0.05, 0) is 42.7 Å². The highest BCUT2D eigenvalue weighted by Gasteiger charge is 2.17. The first-order valence-electron chi connectivity index (χ1n) is 7.64. The Hall–Kier alpha value is -2.31. The number of aliphatic hydroxyl groups is 1. The zero-order valence-electron chi connectivity index (χ0n) is 13.3. The Morgan fingerprint density at radius 3 is 2.79 bits per heavy atom. The van der Waals surface area contributed by atoms with Crippen LogP contribution in [0.15, 0.2) is 36.5 Å². The molecular weight excluding hydrogens is 330 g/mol. The second-order valence-corrected chi connectivity index (χ2v) is 5.99. The number of carbonyl (C=O) groups excluding carboxylic acids is 2. The van der Waals surface area contributed by atoms with Crippen molar-refractivity contribution in [1.82, 2.24) is 10.3 Å². The van der Waals surface area contributed by atoms with Crippen LogP contribution in [0.5, 0.6) is 0 Å². The van der Waals surface area contributed by atoms with E-state index in [1.54, 1.807) is 30.5 Å². The van der Waals surface area contributed by atoms with Gasteiger partial charge in [0.25, 0.3) is 0 Å². The lowest BCUT2D eigenvalue weighted by Gasteiger charge is -2.14. The maximum atomic E-state index is 12.5. The van der Waals surface area contributed by atoms with Crippen LogP contribution in [0.1, 0.15) is 29.4 Å². The van der Waals surface area contributed by atoms with Gasteiger partial charge in [-0.15, -0.1) is 0 Å². The Labute approximate surface area is 145 Å². The fourth-order valence-electron chi connectivity index (χ4n) is 2.19. The molecule has 1 unspecified atom stereocenters. The molecule has 6 nitrogen and oxygen atoms in total. The molecule has 0 saturated carbocycles. The molecule has 2 rings (SSSR count). The van der Waals surface area contributed by atoms with Gasteiger partial charge in [-0.25, -0.2) is 4.79 Å². The van der Waals surface area contributed by atoms with Crippen LogP contribution in [-0.4, -0.2) is 35.1 Å². The quantitative estimate of drug-likeness (QED) is 0.579. The number of aliphatic hydroxyl groups excluding tert-OH is 1. The molecule has 1 aromatic carbocycles. The highest BCUT2D eigenvalue weighted by atomic mass is 35.5. The number of nitrogens with one attached hydrogen (secondary N) is 3. The summed E-state index contributed by atoms with van der Waals surface area (Å²) in [6.45, 7) is 2.44. The largest absolute Gasteiger partial charge is 0.396 e. The highest BCUT2D eigenvalue weighted by Crippen LogP contribution is 2.23. The van der Waals surface area contributed by atoms with Gasteiger partial charge in [0, 0.05) is 29.9 Å². The predicted molar refractivity (Wildman–Crippen MR) is 93.6 cm³/mol. The smallest absolute Gasteiger partial charge is 0.319 e. The molecule has 0 aliphatic rings. The molecule has 128 valence electrons. The molecule has 24 heavy (non-hydrogen) atoms. The summed E-state index contributed by atoms with van der Waals surface area (Å²) in [6.07, 6.45) is 2.26. The fourth-order valence-corrected chi connectivity index (χ4v) is 2.36. The summed E-state index contributed by atoms with van der Waals surface area (Å²) >= 11 is 5.98. The van der Waals surface area contributed by atoms with Gasteiger partial charge in [0.15, 0.2) is 0 Å². The van der Waals surface area contributed by atoms with E-state index in [-0.39, 0.29) is 18.3 Å². The van der Waals surface area contributed by atoms with Gasteiger partial charge in [0.1, 0.15) is 0 Å². The fraction of sp³-hybridized carbons (Fsp3) is 0.294. The van der Waals surface area contributed by atoms with E-state index in [9.17, 15) is 9.59 Å². The van der Waals surface area contributed by atoms with Crippen molar-refractivity contribution in [3.63, 3.8) is 0 Å². The summed E-state index contributed by atoms with van der Waals surface area (Å²) < 4.78 is 0. The first kappa shape index (κ1) is 18.0. The predicted octanol–water partition coefficient (Wildman–Crippen LogP) is 3.04. The first-order chi connectivity index (χ1) is 11.5. The molecule has 0 bridgehead atoms. The van der Waals surface area contributed by atoms with E-state index in [0.29, 0.717) is 34.9 Å². The van der Waals surface area contributed by atoms with Gasteiger partial charge < -0.3 is 20.7 Å². The number of halogens is 1. The molecule has 0 saturated heterocycles. The molecule has 1 heterocycles. The molecule has 0 aliphatic carbocycles. The minimum absolute atomic E-state index is 0.0798. The average molecular weight is 350 g/mol. The zero-order valence-corrected chi connectivity index (χ0v) is 14.1. The van der Waals surface area contributed by atoms with Crippen LogP contribution in [0.25, 0.3) is 0 Å². The monoisotopic (exact) mass is 349 g/mol. The van der Waals surface area contributed by atoms with Crippen LogP contribution in [0.3, 0.4) is 0 Å². The lowest BCUT2D eigenvalue weighted by atomic mass is 10.1. The van der Waals surface area contributed by atoms with Crippen LogP contribution < -0.4 is 10.6 Å². The van der Waals surface area contributed by atoms with Crippen LogP contribution in [-0.2, 0) is 0 Å². The molecular formula is C17H20ClN3O3. The van der Waals surface area contributed by atoms with E-state index >= 15 is 0 Å². The summed E-state index contributed by atoms with van der Waals surface area (Å²) in [7, 11) is 0. The summed E-state index contributed by atoms with van der Waals surface area (Å²) in [6, 6.07) is 7.69. The van der Waals surface area contributed by atoms with E-state index in [0.717, 1.165) is 0 Å². The Kier molecular flexibility index (Phi) is 6.40. The number of aromatic amines is 1. The van der Waals surface area contributed by atoms with Crippen molar-refractivity contribution in [3.05, 3.63) is 52.8 Å². The summed E-state index contributed by atoms with van der Waals surface area (Å²) in [4.78, 5) is 27.4. The van der Waals surface area contributed by atoms with E-state index in [4.69, 9.17) is 16.7 Å². The number of hydrogen-bond donors (Lipinski definition) is 4. The molecule has 0 spiro atoms. The van der Waals surface area contributed by atoms with Gasteiger partial charge in [0.2, 0.25) is 5.78 Å². The van der Waals surface area contributed by atoms with E-state index in [1.807, 2.05) is 6.92 Å². The number of rotatable bonds is 7. The van der Waals surface area contributed by atoms with E-state index < -0.39 is 6.03 Å². The van der Waals surface area contributed by atoms with Crippen LogP contribution in [0, 0.1) is 5.92 Å². The third-order valence-corrected chi connectivity index (χ3v) is 3.79. The number of carbonyl (C=O) groups is 2. The zero-order chi connectivity index (χ0) is 17.5. The SMILES string of the molecule is CC(CCO)CNC(=O)Nc1ccc(Cl)cc1C(=O)c1ccc[nH]1. The molecule has 7 heteroatoms. The Balaban J connectivity index is 2.10.